The van der Waals surface area contributed by atoms with Crippen LogP contribution < -0.4 is 10.1 Å². The number of piperazine rings is 1. The number of nitrogens with one attached hydrogen (secondary N) is 1. The standard InChI is InChI=1S/C24H25FN4O5S2/c1-3-34-19-7-4-17(5-8-19)21-15-35-24(26-21)27-23(31)18-6-9-20(25)22(14-18)36(32,33)29-12-10-28(11-13-29)16(2)30/h4-9,14-15H,3,10-13H2,1-2H3,(H,26,27,31). The number of sulfonamides is 1. The van der Waals surface area contributed by atoms with E-state index in [4.69, 9.17) is 4.74 Å². The summed E-state index contributed by atoms with van der Waals surface area (Å²) in [6.07, 6.45) is 0. The zero-order valence-electron chi connectivity index (χ0n) is 19.7. The SMILES string of the molecule is CCOc1ccc(-c2csc(NC(=O)c3ccc(F)c(S(=O)(=O)N4CCN(C(C)=O)CC4)c3)n2)cc1. The molecule has 12 heteroatoms. The monoisotopic (exact) mass is 532 g/mol. The number of nitrogens with zero attached hydrogens (tertiary/aromatic N) is 3. The molecule has 0 aliphatic carbocycles. The Morgan fingerprint density at radius 2 is 1.81 bits per heavy atom. The highest BCUT2D eigenvalue weighted by Gasteiger charge is 2.32. The van der Waals surface area contributed by atoms with Gasteiger partial charge in [-0.3, -0.25) is 14.9 Å². The van der Waals surface area contributed by atoms with E-state index in [9.17, 15) is 22.4 Å². The number of benzene rings is 2. The van der Waals surface area contributed by atoms with Crippen molar-refractivity contribution < 1.29 is 27.1 Å². The van der Waals surface area contributed by atoms with Gasteiger partial charge in [0.15, 0.2) is 5.13 Å². The van der Waals surface area contributed by atoms with E-state index in [0.29, 0.717) is 17.4 Å². The molecule has 1 saturated heterocycles. The van der Waals surface area contributed by atoms with Crippen LogP contribution in [0.1, 0.15) is 24.2 Å². The van der Waals surface area contributed by atoms with Gasteiger partial charge in [-0.05, 0) is 49.4 Å². The lowest BCUT2D eigenvalue weighted by atomic mass is 10.2. The number of thiazole rings is 1. The molecular weight excluding hydrogens is 507 g/mol. The number of halogens is 1. The molecule has 9 nitrogen and oxygen atoms in total. The number of carbonyl (C=O) groups is 2. The van der Waals surface area contributed by atoms with Gasteiger partial charge in [-0.1, -0.05) is 0 Å². The summed E-state index contributed by atoms with van der Waals surface area (Å²) >= 11 is 1.21. The maximum Gasteiger partial charge on any atom is 0.257 e. The molecule has 0 bridgehead atoms. The fourth-order valence-corrected chi connectivity index (χ4v) is 5.97. The molecule has 1 aromatic heterocycles. The van der Waals surface area contributed by atoms with Crippen molar-refractivity contribution in [2.45, 2.75) is 18.7 Å². The van der Waals surface area contributed by atoms with Gasteiger partial charge in [0.1, 0.15) is 16.5 Å². The molecule has 0 unspecified atom stereocenters. The van der Waals surface area contributed by atoms with Gasteiger partial charge in [0.2, 0.25) is 15.9 Å². The van der Waals surface area contributed by atoms with Gasteiger partial charge in [-0.2, -0.15) is 4.31 Å². The van der Waals surface area contributed by atoms with Crippen molar-refractivity contribution in [2.75, 3.05) is 38.1 Å². The summed E-state index contributed by atoms with van der Waals surface area (Å²) < 4.78 is 47.3. The number of hydrogen-bond acceptors (Lipinski definition) is 7. The van der Waals surface area contributed by atoms with Crippen LogP contribution in [0.15, 0.2) is 52.7 Å². The summed E-state index contributed by atoms with van der Waals surface area (Å²) in [5, 5.41) is 4.75. The van der Waals surface area contributed by atoms with Gasteiger partial charge >= 0.3 is 0 Å². The lowest BCUT2D eigenvalue weighted by Crippen LogP contribution is -2.50. The minimum Gasteiger partial charge on any atom is -0.494 e. The molecule has 0 spiro atoms. The average Bonchev–Trinajstić information content (AvgIpc) is 3.33. The molecule has 0 saturated carbocycles. The van der Waals surface area contributed by atoms with E-state index in [0.717, 1.165) is 27.8 Å². The molecule has 2 amide bonds. The topological polar surface area (TPSA) is 109 Å². The number of amides is 2. The molecule has 2 aromatic carbocycles. The molecular formula is C24H25FN4O5S2. The maximum absolute atomic E-state index is 14.6. The van der Waals surface area contributed by atoms with Gasteiger partial charge < -0.3 is 9.64 Å². The van der Waals surface area contributed by atoms with Crippen LogP contribution >= 0.6 is 11.3 Å². The Bertz CT molecular complexity index is 1370. The molecule has 1 N–H and O–H groups in total. The fraction of sp³-hybridized carbons (Fsp3) is 0.292. The second kappa shape index (κ2) is 10.7. The van der Waals surface area contributed by atoms with Crippen molar-refractivity contribution in [3.8, 4) is 17.0 Å². The minimum atomic E-state index is -4.19. The van der Waals surface area contributed by atoms with Gasteiger partial charge in [-0.15, -0.1) is 11.3 Å². The van der Waals surface area contributed by atoms with Gasteiger partial charge in [0, 0.05) is 49.6 Å². The Morgan fingerprint density at radius 1 is 1.11 bits per heavy atom. The smallest absolute Gasteiger partial charge is 0.257 e. The lowest BCUT2D eigenvalue weighted by molar-refractivity contribution is -0.129. The molecule has 4 rings (SSSR count). The van der Waals surface area contributed by atoms with Crippen LogP contribution in [-0.2, 0) is 14.8 Å². The molecule has 3 aromatic rings. The van der Waals surface area contributed by atoms with Crippen LogP contribution in [-0.4, -0.2) is 67.2 Å². The summed E-state index contributed by atoms with van der Waals surface area (Å²) in [4.78, 5) is 29.7. The highest BCUT2D eigenvalue weighted by molar-refractivity contribution is 7.89. The third-order valence-corrected chi connectivity index (χ3v) is 8.35. The van der Waals surface area contributed by atoms with E-state index in [1.54, 1.807) is 5.38 Å². The van der Waals surface area contributed by atoms with Crippen molar-refractivity contribution in [1.29, 1.82) is 0 Å². The van der Waals surface area contributed by atoms with E-state index < -0.39 is 26.6 Å². The zero-order valence-corrected chi connectivity index (χ0v) is 21.4. The predicted molar refractivity (Wildman–Crippen MR) is 134 cm³/mol. The Labute approximate surface area is 212 Å². The Kier molecular flexibility index (Phi) is 7.67. The van der Waals surface area contributed by atoms with Crippen LogP contribution in [0, 0.1) is 5.82 Å². The molecule has 0 radical (unpaired) electrons. The molecule has 1 aliphatic rings. The molecule has 2 heterocycles. The Morgan fingerprint density at radius 3 is 2.44 bits per heavy atom. The van der Waals surface area contributed by atoms with Gasteiger partial charge in [-0.25, -0.2) is 17.8 Å². The normalized spacial score (nSPS) is 14.5. The molecule has 0 atom stereocenters. The highest BCUT2D eigenvalue weighted by atomic mass is 32.2. The van der Waals surface area contributed by atoms with Crippen molar-refractivity contribution in [3.05, 3.63) is 59.2 Å². The number of rotatable bonds is 7. The van der Waals surface area contributed by atoms with E-state index >= 15 is 0 Å². The quantitative estimate of drug-likeness (QED) is 0.499. The lowest BCUT2D eigenvalue weighted by Gasteiger charge is -2.33. The molecule has 1 fully saturated rings. The van der Waals surface area contributed by atoms with E-state index in [1.807, 2.05) is 31.2 Å². The first-order valence-corrected chi connectivity index (χ1v) is 13.6. The number of aromatic nitrogens is 1. The highest BCUT2D eigenvalue weighted by Crippen LogP contribution is 2.28. The summed E-state index contributed by atoms with van der Waals surface area (Å²) in [6, 6.07) is 10.6. The zero-order chi connectivity index (χ0) is 25.9. The average molecular weight is 533 g/mol. The fourth-order valence-electron chi connectivity index (χ4n) is 3.75. The largest absolute Gasteiger partial charge is 0.494 e. The number of hydrogen-bond donors (Lipinski definition) is 1. The van der Waals surface area contributed by atoms with E-state index in [2.05, 4.69) is 10.3 Å². The van der Waals surface area contributed by atoms with Crippen LogP contribution in [0.5, 0.6) is 5.75 Å². The maximum atomic E-state index is 14.6. The second-order valence-corrected chi connectivity index (χ2v) is 10.8. The second-order valence-electron chi connectivity index (χ2n) is 8.00. The Hall–Kier alpha value is -3.35. The van der Waals surface area contributed by atoms with E-state index in [-0.39, 0.29) is 37.6 Å². The van der Waals surface area contributed by atoms with Crippen molar-refractivity contribution in [3.63, 3.8) is 0 Å². The first-order valence-electron chi connectivity index (χ1n) is 11.2. The van der Waals surface area contributed by atoms with Gasteiger partial charge in [0.05, 0.1) is 12.3 Å². The minimum absolute atomic E-state index is 0.0184. The summed E-state index contributed by atoms with van der Waals surface area (Å²) in [5.41, 5.74) is 1.48. The van der Waals surface area contributed by atoms with Crippen LogP contribution in [0.3, 0.4) is 0 Å². The summed E-state index contributed by atoms with van der Waals surface area (Å²) in [5.74, 6) is -0.967. The summed E-state index contributed by atoms with van der Waals surface area (Å²) in [6.45, 7) is 4.41. The number of anilines is 1. The predicted octanol–water partition coefficient (Wildman–Crippen LogP) is 3.45. The summed E-state index contributed by atoms with van der Waals surface area (Å²) in [7, 11) is -4.19. The third-order valence-electron chi connectivity index (χ3n) is 5.68. The first kappa shape index (κ1) is 25.7. The van der Waals surface area contributed by atoms with Crippen LogP contribution in [0.2, 0.25) is 0 Å². The van der Waals surface area contributed by atoms with Crippen molar-refractivity contribution in [2.24, 2.45) is 0 Å². The van der Waals surface area contributed by atoms with E-state index in [1.165, 1.54) is 29.2 Å². The van der Waals surface area contributed by atoms with Gasteiger partial charge in [0.25, 0.3) is 5.91 Å². The molecule has 1 aliphatic heterocycles. The Balaban J connectivity index is 1.48. The molecule has 36 heavy (non-hydrogen) atoms. The van der Waals surface area contributed by atoms with Crippen LogP contribution in [0.25, 0.3) is 11.3 Å². The van der Waals surface area contributed by atoms with Crippen molar-refractivity contribution >= 4 is 38.3 Å². The molecule has 190 valence electrons. The number of carbonyl (C=O) groups excluding carboxylic acids is 2. The van der Waals surface area contributed by atoms with Crippen molar-refractivity contribution in [1.82, 2.24) is 14.2 Å². The first-order chi connectivity index (χ1) is 17.2. The number of ether oxygens (including phenoxy) is 1. The van der Waals surface area contributed by atoms with Crippen LogP contribution in [0.4, 0.5) is 9.52 Å². The third kappa shape index (κ3) is 5.55.